The molecule has 15 heavy (non-hydrogen) atoms. The molecule has 1 heterocycles. The summed E-state index contributed by atoms with van der Waals surface area (Å²) in [6, 6.07) is 7.50. The van der Waals surface area contributed by atoms with Gasteiger partial charge in [0.05, 0.1) is 0 Å². The molecule has 0 saturated heterocycles. The molecule has 1 aliphatic heterocycles. The summed E-state index contributed by atoms with van der Waals surface area (Å²) >= 11 is 0. The fourth-order valence-corrected chi connectivity index (χ4v) is 2.04. The van der Waals surface area contributed by atoms with Crippen LogP contribution in [0.3, 0.4) is 0 Å². The second kappa shape index (κ2) is 4.03. The zero-order chi connectivity index (χ0) is 10.8. The standard InChI is InChI=1S/C12H15NO2/c1-8-7-9-5-3-4-6-10(9)15-12(14)11(8)13-2/h3-6,8,11,13H,7H2,1-2H3. The van der Waals surface area contributed by atoms with Gasteiger partial charge in [-0.15, -0.1) is 0 Å². The Morgan fingerprint density at radius 2 is 2.13 bits per heavy atom. The number of nitrogens with one attached hydrogen (secondary N) is 1. The third kappa shape index (κ3) is 1.88. The number of para-hydroxylation sites is 1. The van der Waals surface area contributed by atoms with Gasteiger partial charge < -0.3 is 10.1 Å². The second-order valence-corrected chi connectivity index (χ2v) is 3.98. The first-order chi connectivity index (χ1) is 7.22. The predicted molar refractivity (Wildman–Crippen MR) is 57.8 cm³/mol. The van der Waals surface area contributed by atoms with E-state index in [1.165, 1.54) is 0 Å². The number of esters is 1. The molecule has 0 aliphatic carbocycles. The third-order valence-corrected chi connectivity index (χ3v) is 2.86. The van der Waals surface area contributed by atoms with Crippen molar-refractivity contribution in [3.63, 3.8) is 0 Å². The van der Waals surface area contributed by atoms with E-state index in [0.717, 1.165) is 12.0 Å². The molecular weight excluding hydrogens is 190 g/mol. The van der Waals surface area contributed by atoms with Crippen molar-refractivity contribution < 1.29 is 9.53 Å². The summed E-state index contributed by atoms with van der Waals surface area (Å²) in [6.45, 7) is 2.06. The largest absolute Gasteiger partial charge is 0.425 e. The Labute approximate surface area is 89.4 Å². The van der Waals surface area contributed by atoms with Crippen molar-refractivity contribution in [1.29, 1.82) is 0 Å². The Kier molecular flexibility index (Phi) is 2.73. The van der Waals surface area contributed by atoms with Crippen molar-refractivity contribution in [1.82, 2.24) is 5.32 Å². The minimum absolute atomic E-state index is 0.185. The number of ether oxygens (including phenoxy) is 1. The molecule has 2 rings (SSSR count). The second-order valence-electron chi connectivity index (χ2n) is 3.98. The minimum atomic E-state index is -0.211. The molecule has 0 spiro atoms. The maximum absolute atomic E-state index is 11.7. The van der Waals surface area contributed by atoms with Crippen LogP contribution in [0.1, 0.15) is 12.5 Å². The summed E-state index contributed by atoms with van der Waals surface area (Å²) in [7, 11) is 1.79. The SMILES string of the molecule is CNC1C(=O)Oc2ccccc2CC1C. The summed E-state index contributed by atoms with van der Waals surface area (Å²) in [6.07, 6.45) is 0.868. The number of carbonyl (C=O) groups is 1. The molecule has 0 amide bonds. The fraction of sp³-hybridized carbons (Fsp3) is 0.417. The highest BCUT2D eigenvalue weighted by Crippen LogP contribution is 2.26. The molecule has 2 unspecified atom stereocenters. The van der Waals surface area contributed by atoms with Crippen LogP contribution in [0, 0.1) is 5.92 Å². The van der Waals surface area contributed by atoms with E-state index in [1.807, 2.05) is 24.3 Å². The molecule has 80 valence electrons. The van der Waals surface area contributed by atoms with E-state index in [-0.39, 0.29) is 17.9 Å². The Hall–Kier alpha value is -1.35. The van der Waals surface area contributed by atoms with Crippen LogP contribution >= 0.6 is 0 Å². The summed E-state index contributed by atoms with van der Waals surface area (Å²) < 4.78 is 5.33. The van der Waals surface area contributed by atoms with E-state index < -0.39 is 0 Å². The van der Waals surface area contributed by atoms with Gasteiger partial charge in [0.25, 0.3) is 0 Å². The van der Waals surface area contributed by atoms with Gasteiger partial charge in [-0.3, -0.25) is 0 Å². The number of benzene rings is 1. The minimum Gasteiger partial charge on any atom is -0.425 e. The van der Waals surface area contributed by atoms with E-state index in [2.05, 4.69) is 12.2 Å². The third-order valence-electron chi connectivity index (χ3n) is 2.86. The van der Waals surface area contributed by atoms with Crippen molar-refractivity contribution in [3.05, 3.63) is 29.8 Å². The lowest BCUT2D eigenvalue weighted by Gasteiger charge is -2.17. The number of fused-ring (bicyclic) bond motifs is 1. The van der Waals surface area contributed by atoms with Crippen LogP contribution in [-0.2, 0) is 11.2 Å². The van der Waals surface area contributed by atoms with Crippen molar-refractivity contribution in [3.8, 4) is 5.75 Å². The summed E-state index contributed by atoms with van der Waals surface area (Å²) in [4.78, 5) is 11.7. The highest BCUT2D eigenvalue weighted by molar-refractivity contribution is 5.79. The topological polar surface area (TPSA) is 38.3 Å². The number of carbonyl (C=O) groups excluding carboxylic acids is 1. The van der Waals surface area contributed by atoms with Crippen LogP contribution in [-0.4, -0.2) is 19.1 Å². The van der Waals surface area contributed by atoms with Gasteiger partial charge in [-0.2, -0.15) is 0 Å². The Bertz CT molecular complexity index is 376. The summed E-state index contributed by atoms with van der Waals surface area (Å²) in [5.74, 6) is 0.771. The lowest BCUT2D eigenvalue weighted by atomic mass is 9.95. The Balaban J connectivity index is 2.35. The maximum atomic E-state index is 11.7. The molecule has 0 aromatic heterocycles. The van der Waals surface area contributed by atoms with Gasteiger partial charge in [-0.05, 0) is 31.0 Å². The van der Waals surface area contributed by atoms with Crippen molar-refractivity contribution in [2.24, 2.45) is 5.92 Å². The molecule has 1 aromatic carbocycles. The van der Waals surface area contributed by atoms with Crippen molar-refractivity contribution >= 4 is 5.97 Å². The number of likely N-dealkylation sites (N-methyl/N-ethyl adjacent to an activating group) is 1. The van der Waals surface area contributed by atoms with Gasteiger partial charge in [-0.25, -0.2) is 4.79 Å². The molecule has 1 aliphatic rings. The summed E-state index contributed by atoms with van der Waals surface area (Å²) in [5, 5.41) is 3.00. The van der Waals surface area contributed by atoms with Crippen molar-refractivity contribution in [2.75, 3.05) is 7.05 Å². The van der Waals surface area contributed by atoms with Gasteiger partial charge >= 0.3 is 5.97 Å². The fourth-order valence-electron chi connectivity index (χ4n) is 2.04. The lowest BCUT2D eigenvalue weighted by molar-refractivity contribution is -0.137. The first-order valence-corrected chi connectivity index (χ1v) is 5.19. The first kappa shape index (κ1) is 10.2. The van der Waals surface area contributed by atoms with Gasteiger partial charge in [0.1, 0.15) is 11.8 Å². The smallest absolute Gasteiger partial charge is 0.328 e. The Morgan fingerprint density at radius 1 is 1.40 bits per heavy atom. The predicted octanol–water partition coefficient (Wildman–Crippen LogP) is 1.37. The normalized spacial score (nSPS) is 25.3. The van der Waals surface area contributed by atoms with Gasteiger partial charge in [-0.1, -0.05) is 25.1 Å². The van der Waals surface area contributed by atoms with Gasteiger partial charge in [0.2, 0.25) is 0 Å². The van der Waals surface area contributed by atoms with Gasteiger partial charge in [0, 0.05) is 0 Å². The van der Waals surface area contributed by atoms with E-state index in [1.54, 1.807) is 7.05 Å². The van der Waals surface area contributed by atoms with Crippen LogP contribution < -0.4 is 10.1 Å². The number of rotatable bonds is 1. The monoisotopic (exact) mass is 205 g/mol. The lowest BCUT2D eigenvalue weighted by Crippen LogP contribution is -2.41. The molecule has 3 heteroatoms. The quantitative estimate of drug-likeness (QED) is 0.556. The average Bonchev–Trinajstić information content (AvgIpc) is 2.33. The van der Waals surface area contributed by atoms with Crippen LogP contribution in [0.4, 0.5) is 0 Å². The molecule has 1 N–H and O–H groups in total. The number of hydrogen-bond donors (Lipinski definition) is 1. The van der Waals surface area contributed by atoms with E-state index in [9.17, 15) is 4.79 Å². The molecule has 0 bridgehead atoms. The first-order valence-electron chi connectivity index (χ1n) is 5.19. The van der Waals surface area contributed by atoms with E-state index in [0.29, 0.717) is 5.75 Å². The molecular formula is C12H15NO2. The zero-order valence-electron chi connectivity index (χ0n) is 8.99. The molecule has 3 nitrogen and oxygen atoms in total. The molecule has 2 atom stereocenters. The summed E-state index contributed by atoms with van der Waals surface area (Å²) in [5.41, 5.74) is 1.11. The van der Waals surface area contributed by atoms with Crippen LogP contribution in [0.5, 0.6) is 5.75 Å². The number of hydrogen-bond acceptors (Lipinski definition) is 3. The molecule has 1 aromatic rings. The average molecular weight is 205 g/mol. The van der Waals surface area contributed by atoms with Crippen LogP contribution in [0.25, 0.3) is 0 Å². The van der Waals surface area contributed by atoms with E-state index >= 15 is 0 Å². The van der Waals surface area contributed by atoms with E-state index in [4.69, 9.17) is 4.74 Å². The van der Waals surface area contributed by atoms with Gasteiger partial charge in [0.15, 0.2) is 0 Å². The maximum Gasteiger partial charge on any atom is 0.328 e. The molecule has 0 saturated carbocycles. The van der Waals surface area contributed by atoms with Crippen LogP contribution in [0.2, 0.25) is 0 Å². The van der Waals surface area contributed by atoms with Crippen molar-refractivity contribution in [2.45, 2.75) is 19.4 Å². The molecule has 0 fully saturated rings. The van der Waals surface area contributed by atoms with Crippen LogP contribution in [0.15, 0.2) is 24.3 Å². The zero-order valence-corrected chi connectivity index (χ0v) is 8.99. The Morgan fingerprint density at radius 3 is 2.87 bits per heavy atom. The molecule has 0 radical (unpaired) electrons. The highest BCUT2D eigenvalue weighted by atomic mass is 16.5. The highest BCUT2D eigenvalue weighted by Gasteiger charge is 2.29.